The molecule has 0 aromatic rings. The molecular weight excluding hydrogens is 206 g/mol. The first-order chi connectivity index (χ1) is 7.77. The molecular formula is C11H23N3O2. The van der Waals surface area contributed by atoms with Crippen LogP contribution in [0.2, 0.25) is 0 Å². The molecule has 0 atom stereocenters. The van der Waals surface area contributed by atoms with Gasteiger partial charge in [0.25, 0.3) is 0 Å². The lowest BCUT2D eigenvalue weighted by Gasteiger charge is -2.28. The first-order valence-corrected chi connectivity index (χ1v) is 5.97. The van der Waals surface area contributed by atoms with Crippen LogP contribution in [0.1, 0.15) is 32.1 Å². The lowest BCUT2D eigenvalue weighted by molar-refractivity contribution is 0.122. The highest BCUT2D eigenvalue weighted by Gasteiger charge is 2.22. The van der Waals surface area contributed by atoms with Crippen LogP contribution < -0.4 is 5.73 Å². The highest BCUT2D eigenvalue weighted by molar-refractivity contribution is 5.79. The van der Waals surface area contributed by atoms with Crippen molar-refractivity contribution in [3.63, 3.8) is 0 Å². The predicted molar refractivity (Wildman–Crippen MR) is 63.7 cm³/mol. The minimum absolute atomic E-state index is 0.306. The van der Waals surface area contributed by atoms with Crippen molar-refractivity contribution in [2.75, 3.05) is 26.8 Å². The summed E-state index contributed by atoms with van der Waals surface area (Å²) in [4.78, 5) is 2.40. The zero-order valence-electron chi connectivity index (χ0n) is 10.1. The third kappa shape index (κ3) is 4.37. The number of oxime groups is 1. The van der Waals surface area contributed by atoms with Crippen molar-refractivity contribution in [3.05, 3.63) is 0 Å². The summed E-state index contributed by atoms with van der Waals surface area (Å²) in [5.41, 5.74) is 5.49. The fourth-order valence-electron chi connectivity index (χ4n) is 2.26. The summed E-state index contributed by atoms with van der Waals surface area (Å²) in [6.07, 6.45) is 5.78. The molecule has 5 heteroatoms. The van der Waals surface area contributed by atoms with Crippen LogP contribution in [-0.2, 0) is 4.74 Å². The van der Waals surface area contributed by atoms with Crippen molar-refractivity contribution in [2.45, 2.75) is 38.1 Å². The molecule has 16 heavy (non-hydrogen) atoms. The molecule has 0 unspecified atom stereocenters. The second kappa shape index (κ2) is 7.46. The van der Waals surface area contributed by atoms with Crippen molar-refractivity contribution in [1.29, 1.82) is 0 Å². The van der Waals surface area contributed by atoms with Gasteiger partial charge in [-0.15, -0.1) is 0 Å². The molecule has 3 N–H and O–H groups in total. The van der Waals surface area contributed by atoms with Gasteiger partial charge in [0, 0.05) is 32.7 Å². The first-order valence-electron chi connectivity index (χ1n) is 5.97. The second-order valence-electron chi connectivity index (χ2n) is 4.31. The average Bonchev–Trinajstić information content (AvgIpc) is 2.82. The molecule has 1 rings (SSSR count). The standard InChI is InChI=1S/C11H23N3O2/c1-16-9-8-14(7-6-11(12)13-15)10-4-2-3-5-10/h10,15H,2-9H2,1H3,(H2,12,13). The SMILES string of the molecule is COCCN(CCC(N)=NO)C1CCCC1. The molecule has 0 aromatic carbocycles. The number of ether oxygens (including phenoxy) is 1. The van der Waals surface area contributed by atoms with Crippen LogP contribution >= 0.6 is 0 Å². The molecule has 1 aliphatic carbocycles. The molecule has 0 heterocycles. The van der Waals surface area contributed by atoms with Gasteiger partial charge >= 0.3 is 0 Å². The summed E-state index contributed by atoms with van der Waals surface area (Å²) in [7, 11) is 1.72. The Hall–Kier alpha value is -0.810. The van der Waals surface area contributed by atoms with E-state index in [2.05, 4.69) is 10.1 Å². The molecule has 1 fully saturated rings. The van der Waals surface area contributed by atoms with E-state index in [0.29, 0.717) is 18.3 Å². The number of amidine groups is 1. The molecule has 5 nitrogen and oxygen atoms in total. The molecule has 0 radical (unpaired) electrons. The van der Waals surface area contributed by atoms with Crippen LogP contribution in [0.15, 0.2) is 5.16 Å². The largest absolute Gasteiger partial charge is 0.409 e. The maximum atomic E-state index is 8.51. The summed E-state index contributed by atoms with van der Waals surface area (Å²) in [5.74, 6) is 0.306. The highest BCUT2D eigenvalue weighted by atomic mass is 16.5. The van der Waals surface area contributed by atoms with E-state index in [-0.39, 0.29) is 0 Å². The van der Waals surface area contributed by atoms with Crippen LogP contribution in [-0.4, -0.2) is 48.8 Å². The predicted octanol–water partition coefficient (Wildman–Crippen LogP) is 1.01. The number of methoxy groups -OCH3 is 1. The number of nitrogens with zero attached hydrogens (tertiary/aromatic N) is 2. The van der Waals surface area contributed by atoms with Gasteiger partial charge < -0.3 is 15.7 Å². The Balaban J connectivity index is 2.36. The van der Waals surface area contributed by atoms with Gasteiger partial charge in [0.1, 0.15) is 5.84 Å². The van der Waals surface area contributed by atoms with Crippen LogP contribution in [0.4, 0.5) is 0 Å². The zero-order valence-corrected chi connectivity index (χ0v) is 10.1. The maximum absolute atomic E-state index is 8.51. The summed E-state index contributed by atoms with van der Waals surface area (Å²) < 4.78 is 5.11. The van der Waals surface area contributed by atoms with Crippen molar-refractivity contribution < 1.29 is 9.94 Å². The molecule has 0 spiro atoms. The molecule has 0 saturated heterocycles. The average molecular weight is 229 g/mol. The van der Waals surface area contributed by atoms with E-state index in [1.807, 2.05) is 0 Å². The van der Waals surface area contributed by atoms with Crippen LogP contribution in [0, 0.1) is 0 Å². The number of hydrogen-bond donors (Lipinski definition) is 2. The number of rotatable bonds is 7. The summed E-state index contributed by atoms with van der Waals surface area (Å²) in [6.45, 7) is 2.52. The maximum Gasteiger partial charge on any atom is 0.140 e. The Morgan fingerprint density at radius 3 is 2.69 bits per heavy atom. The van der Waals surface area contributed by atoms with Gasteiger partial charge in [-0.2, -0.15) is 0 Å². The summed E-state index contributed by atoms with van der Waals surface area (Å²) in [5, 5.41) is 11.5. The van der Waals surface area contributed by atoms with Gasteiger partial charge in [-0.05, 0) is 12.8 Å². The van der Waals surface area contributed by atoms with Gasteiger partial charge in [-0.3, -0.25) is 4.90 Å². The number of nitrogens with two attached hydrogens (primary N) is 1. The minimum Gasteiger partial charge on any atom is -0.409 e. The van der Waals surface area contributed by atoms with Crippen LogP contribution in [0.5, 0.6) is 0 Å². The molecule has 94 valence electrons. The minimum atomic E-state index is 0.306. The van der Waals surface area contributed by atoms with Crippen LogP contribution in [0.25, 0.3) is 0 Å². The highest BCUT2D eigenvalue weighted by Crippen LogP contribution is 2.23. The Morgan fingerprint density at radius 1 is 1.44 bits per heavy atom. The Labute approximate surface area is 97.2 Å². The van der Waals surface area contributed by atoms with Crippen LogP contribution in [0.3, 0.4) is 0 Å². The topological polar surface area (TPSA) is 71.1 Å². The van der Waals surface area contributed by atoms with E-state index >= 15 is 0 Å². The fraction of sp³-hybridized carbons (Fsp3) is 0.909. The Kier molecular flexibility index (Phi) is 6.18. The van der Waals surface area contributed by atoms with Crippen molar-refractivity contribution >= 4 is 5.84 Å². The van der Waals surface area contributed by atoms with Gasteiger partial charge in [0.15, 0.2) is 0 Å². The first kappa shape index (κ1) is 13.3. The Morgan fingerprint density at radius 2 is 2.12 bits per heavy atom. The van der Waals surface area contributed by atoms with E-state index in [1.54, 1.807) is 7.11 Å². The molecule has 0 aliphatic heterocycles. The van der Waals surface area contributed by atoms with Crippen molar-refractivity contribution in [1.82, 2.24) is 4.90 Å². The molecule has 0 amide bonds. The lowest BCUT2D eigenvalue weighted by Crippen LogP contribution is -2.38. The second-order valence-corrected chi connectivity index (χ2v) is 4.31. The lowest BCUT2D eigenvalue weighted by atomic mass is 10.2. The Bertz CT molecular complexity index is 215. The van der Waals surface area contributed by atoms with E-state index in [1.165, 1.54) is 25.7 Å². The normalized spacial score (nSPS) is 18.5. The summed E-state index contributed by atoms with van der Waals surface area (Å²) >= 11 is 0. The van der Waals surface area contributed by atoms with Gasteiger partial charge in [-0.25, -0.2) is 0 Å². The number of hydrogen-bond acceptors (Lipinski definition) is 4. The third-order valence-electron chi connectivity index (χ3n) is 3.21. The van der Waals surface area contributed by atoms with E-state index in [9.17, 15) is 0 Å². The van der Waals surface area contributed by atoms with Gasteiger partial charge in [-0.1, -0.05) is 18.0 Å². The van der Waals surface area contributed by atoms with Gasteiger partial charge in [0.05, 0.1) is 6.61 Å². The van der Waals surface area contributed by atoms with E-state index in [0.717, 1.165) is 19.7 Å². The monoisotopic (exact) mass is 229 g/mol. The van der Waals surface area contributed by atoms with Crippen molar-refractivity contribution in [2.24, 2.45) is 10.9 Å². The zero-order chi connectivity index (χ0) is 11.8. The third-order valence-corrected chi connectivity index (χ3v) is 3.21. The quantitative estimate of drug-likeness (QED) is 0.296. The smallest absolute Gasteiger partial charge is 0.140 e. The molecule has 1 aliphatic rings. The molecule has 0 aromatic heterocycles. The molecule has 1 saturated carbocycles. The van der Waals surface area contributed by atoms with E-state index in [4.69, 9.17) is 15.7 Å². The fourth-order valence-corrected chi connectivity index (χ4v) is 2.26. The summed E-state index contributed by atoms with van der Waals surface area (Å²) in [6, 6.07) is 0.654. The van der Waals surface area contributed by atoms with E-state index < -0.39 is 0 Å². The van der Waals surface area contributed by atoms with Gasteiger partial charge in [0.2, 0.25) is 0 Å². The molecule has 0 bridgehead atoms. The van der Waals surface area contributed by atoms with Crippen molar-refractivity contribution in [3.8, 4) is 0 Å².